The van der Waals surface area contributed by atoms with Gasteiger partial charge in [0.2, 0.25) is 0 Å². The number of rotatable bonds is 7. The van der Waals surface area contributed by atoms with Crippen molar-refractivity contribution >= 4 is 0 Å². The van der Waals surface area contributed by atoms with Crippen molar-refractivity contribution in [3.05, 3.63) is 37.0 Å². The summed E-state index contributed by atoms with van der Waals surface area (Å²) in [5.74, 6) is 0.637. The molecule has 2 atom stereocenters. The van der Waals surface area contributed by atoms with Crippen LogP contribution in [0.2, 0.25) is 0 Å². The van der Waals surface area contributed by atoms with Gasteiger partial charge in [-0.15, -0.1) is 13.2 Å². The van der Waals surface area contributed by atoms with E-state index in [2.05, 4.69) is 38.3 Å². The summed E-state index contributed by atoms with van der Waals surface area (Å²) in [6, 6.07) is 4.50. The smallest absolute Gasteiger partial charge is 0.168 e. The van der Waals surface area contributed by atoms with Crippen molar-refractivity contribution in [2.45, 2.75) is 45.4 Å². The number of nitriles is 2. The molecule has 0 aromatic carbocycles. The van der Waals surface area contributed by atoms with Crippen molar-refractivity contribution in [1.82, 2.24) is 0 Å². The van der Waals surface area contributed by atoms with Gasteiger partial charge in [0.25, 0.3) is 0 Å². The molecule has 0 heterocycles. The Hall–Kier alpha value is -1.80. The van der Waals surface area contributed by atoms with Gasteiger partial charge in [0.05, 0.1) is 12.1 Å². The van der Waals surface area contributed by atoms with E-state index >= 15 is 0 Å². The lowest BCUT2D eigenvalue weighted by atomic mass is 9.66. The summed E-state index contributed by atoms with van der Waals surface area (Å²) < 4.78 is 0. The van der Waals surface area contributed by atoms with E-state index in [1.54, 1.807) is 6.08 Å². The van der Waals surface area contributed by atoms with E-state index in [-0.39, 0.29) is 5.92 Å². The van der Waals surface area contributed by atoms with Crippen LogP contribution in [0, 0.1) is 39.9 Å². The van der Waals surface area contributed by atoms with E-state index in [0.717, 1.165) is 37.7 Å². The molecule has 0 spiro atoms. The second kappa shape index (κ2) is 7.71. The van der Waals surface area contributed by atoms with Gasteiger partial charge >= 0.3 is 0 Å². The molecule has 1 aliphatic carbocycles. The first-order valence-corrected chi connectivity index (χ1v) is 7.45. The standard InChI is InChI=1S/C18H24N2/c1-4-9-15(6-3)16-10-7-8-11-17(16)18(13-19,14-20)12-5-2/h5-6,11,15-16H,2-4,7-10,12H2,1H3/t15?,16-/m0/s1. The normalized spacial score (nSPS) is 20.1. The van der Waals surface area contributed by atoms with Gasteiger partial charge in [-0.1, -0.05) is 31.6 Å². The van der Waals surface area contributed by atoms with Crippen LogP contribution in [0.4, 0.5) is 0 Å². The molecule has 1 aliphatic rings. The van der Waals surface area contributed by atoms with Crippen LogP contribution < -0.4 is 0 Å². The molecule has 106 valence electrons. The molecular weight excluding hydrogens is 244 g/mol. The predicted molar refractivity (Wildman–Crippen MR) is 82.5 cm³/mol. The molecule has 0 aliphatic heterocycles. The lowest BCUT2D eigenvalue weighted by molar-refractivity contribution is 0.337. The highest BCUT2D eigenvalue weighted by Crippen LogP contribution is 2.44. The molecular formula is C18H24N2. The van der Waals surface area contributed by atoms with Gasteiger partial charge in [-0.25, -0.2) is 0 Å². The maximum Gasteiger partial charge on any atom is 0.168 e. The van der Waals surface area contributed by atoms with Gasteiger partial charge in [0.15, 0.2) is 5.41 Å². The van der Waals surface area contributed by atoms with E-state index < -0.39 is 5.41 Å². The Morgan fingerprint density at radius 1 is 1.45 bits per heavy atom. The summed E-state index contributed by atoms with van der Waals surface area (Å²) >= 11 is 0. The Balaban J connectivity index is 3.19. The molecule has 0 bridgehead atoms. The molecule has 0 aromatic heterocycles. The van der Waals surface area contributed by atoms with Crippen LogP contribution in [-0.2, 0) is 0 Å². The maximum atomic E-state index is 9.58. The summed E-state index contributed by atoms with van der Waals surface area (Å²) in [6.45, 7) is 9.83. The lowest BCUT2D eigenvalue weighted by Crippen LogP contribution is -2.30. The SMILES string of the molecule is C=CCC(C#N)(C#N)C1=CCCC[C@H]1C(C=C)CCC. The number of hydrogen-bond acceptors (Lipinski definition) is 2. The largest absolute Gasteiger partial charge is 0.196 e. The van der Waals surface area contributed by atoms with Crippen molar-refractivity contribution in [2.24, 2.45) is 17.3 Å². The predicted octanol–water partition coefficient (Wildman–Crippen LogP) is 4.92. The fraction of sp³-hybridized carbons (Fsp3) is 0.556. The minimum Gasteiger partial charge on any atom is -0.196 e. The average Bonchev–Trinajstić information content (AvgIpc) is 2.50. The van der Waals surface area contributed by atoms with Gasteiger partial charge in [0, 0.05) is 6.42 Å². The Morgan fingerprint density at radius 3 is 2.65 bits per heavy atom. The van der Waals surface area contributed by atoms with E-state index in [0.29, 0.717) is 12.3 Å². The molecule has 0 N–H and O–H groups in total. The average molecular weight is 268 g/mol. The third kappa shape index (κ3) is 3.20. The molecule has 0 saturated carbocycles. The zero-order valence-electron chi connectivity index (χ0n) is 12.4. The Morgan fingerprint density at radius 2 is 2.15 bits per heavy atom. The minimum absolute atomic E-state index is 0.278. The summed E-state index contributed by atoms with van der Waals surface area (Å²) in [6.07, 6.45) is 11.5. The van der Waals surface area contributed by atoms with Crippen LogP contribution in [0.5, 0.6) is 0 Å². The summed E-state index contributed by atoms with van der Waals surface area (Å²) in [5, 5.41) is 19.2. The second-order valence-electron chi connectivity index (χ2n) is 5.51. The number of hydrogen-bond donors (Lipinski definition) is 0. The molecule has 1 rings (SSSR count). The van der Waals surface area contributed by atoms with E-state index in [1.165, 1.54) is 0 Å². The van der Waals surface area contributed by atoms with Gasteiger partial charge in [0.1, 0.15) is 0 Å². The number of nitrogens with zero attached hydrogens (tertiary/aromatic N) is 2. The zero-order valence-corrected chi connectivity index (χ0v) is 12.4. The summed E-state index contributed by atoms with van der Waals surface area (Å²) in [4.78, 5) is 0. The monoisotopic (exact) mass is 268 g/mol. The third-order valence-electron chi connectivity index (χ3n) is 4.25. The highest BCUT2D eigenvalue weighted by Gasteiger charge is 2.40. The van der Waals surface area contributed by atoms with Gasteiger partial charge in [-0.3, -0.25) is 0 Å². The van der Waals surface area contributed by atoms with Crippen LogP contribution in [0.15, 0.2) is 37.0 Å². The minimum atomic E-state index is -1.04. The van der Waals surface area contributed by atoms with Crippen LogP contribution in [0.25, 0.3) is 0 Å². The van der Waals surface area contributed by atoms with Gasteiger partial charge in [-0.2, -0.15) is 10.5 Å². The molecule has 0 amide bonds. The Labute approximate surface area is 123 Å². The summed E-state index contributed by atoms with van der Waals surface area (Å²) in [5.41, 5.74) is -0.0334. The molecule has 2 heteroatoms. The fourth-order valence-electron chi connectivity index (χ4n) is 3.23. The Kier molecular flexibility index (Phi) is 6.26. The molecule has 1 unspecified atom stereocenters. The lowest BCUT2D eigenvalue weighted by Gasteiger charge is -2.35. The second-order valence-corrected chi connectivity index (χ2v) is 5.51. The van der Waals surface area contributed by atoms with E-state index in [4.69, 9.17) is 0 Å². The van der Waals surface area contributed by atoms with Gasteiger partial charge in [-0.05, 0) is 43.1 Å². The van der Waals surface area contributed by atoms with Crippen LogP contribution in [0.3, 0.4) is 0 Å². The van der Waals surface area contributed by atoms with Crippen LogP contribution >= 0.6 is 0 Å². The molecule has 0 fully saturated rings. The molecule has 20 heavy (non-hydrogen) atoms. The molecule has 0 saturated heterocycles. The van der Waals surface area contributed by atoms with Crippen LogP contribution in [-0.4, -0.2) is 0 Å². The van der Waals surface area contributed by atoms with Crippen LogP contribution in [0.1, 0.15) is 45.4 Å². The quantitative estimate of drug-likeness (QED) is 0.615. The zero-order chi connectivity index (χ0) is 15.0. The maximum absolute atomic E-state index is 9.58. The van der Waals surface area contributed by atoms with E-state index in [9.17, 15) is 10.5 Å². The fourth-order valence-corrected chi connectivity index (χ4v) is 3.23. The van der Waals surface area contributed by atoms with Crippen molar-refractivity contribution < 1.29 is 0 Å². The molecule has 0 aromatic rings. The topological polar surface area (TPSA) is 47.6 Å². The van der Waals surface area contributed by atoms with Crippen molar-refractivity contribution in [1.29, 1.82) is 10.5 Å². The molecule has 0 radical (unpaired) electrons. The van der Waals surface area contributed by atoms with Gasteiger partial charge < -0.3 is 0 Å². The summed E-state index contributed by atoms with van der Waals surface area (Å²) in [7, 11) is 0. The molecule has 2 nitrogen and oxygen atoms in total. The first kappa shape index (κ1) is 16.3. The van der Waals surface area contributed by atoms with Crippen molar-refractivity contribution in [3.8, 4) is 12.1 Å². The van der Waals surface area contributed by atoms with Crippen molar-refractivity contribution in [2.75, 3.05) is 0 Å². The first-order chi connectivity index (χ1) is 9.68. The Bertz CT molecular complexity index is 445. The third-order valence-corrected chi connectivity index (χ3v) is 4.25. The highest BCUT2D eigenvalue weighted by atomic mass is 14.5. The van der Waals surface area contributed by atoms with E-state index in [1.807, 2.05) is 6.08 Å². The van der Waals surface area contributed by atoms with Crippen molar-refractivity contribution in [3.63, 3.8) is 0 Å². The first-order valence-electron chi connectivity index (χ1n) is 7.45. The number of allylic oxidation sites excluding steroid dienone is 4. The highest BCUT2D eigenvalue weighted by molar-refractivity contribution is 5.37.